The average molecular weight is 383 g/mol. The molecule has 0 aromatic heterocycles. The predicted molar refractivity (Wildman–Crippen MR) is 110 cm³/mol. The van der Waals surface area contributed by atoms with Crippen molar-refractivity contribution in [3.63, 3.8) is 0 Å². The van der Waals surface area contributed by atoms with E-state index in [9.17, 15) is 8.42 Å². The van der Waals surface area contributed by atoms with Crippen molar-refractivity contribution in [1.29, 1.82) is 0 Å². The maximum absolute atomic E-state index is 11.5. The Labute approximate surface area is 159 Å². The van der Waals surface area contributed by atoms with Crippen molar-refractivity contribution in [1.82, 2.24) is 15.5 Å². The highest BCUT2D eigenvalue weighted by Crippen LogP contribution is 2.10. The Morgan fingerprint density at radius 3 is 2.31 bits per heavy atom. The van der Waals surface area contributed by atoms with Gasteiger partial charge in [0.1, 0.15) is 0 Å². The fourth-order valence-electron chi connectivity index (χ4n) is 2.62. The van der Waals surface area contributed by atoms with Gasteiger partial charge in [0.15, 0.2) is 15.8 Å². The third-order valence-electron chi connectivity index (χ3n) is 4.08. The second-order valence-corrected chi connectivity index (χ2v) is 8.30. The van der Waals surface area contributed by atoms with Crippen LogP contribution in [0.15, 0.2) is 34.2 Å². The summed E-state index contributed by atoms with van der Waals surface area (Å²) in [5, 5.41) is 6.60. The molecule has 2 N–H and O–H groups in total. The summed E-state index contributed by atoms with van der Waals surface area (Å²) in [6.45, 7) is 11.9. The summed E-state index contributed by atoms with van der Waals surface area (Å²) < 4.78 is 23.0. The molecule has 0 saturated carbocycles. The highest BCUT2D eigenvalue weighted by Gasteiger charge is 2.06. The number of rotatable bonds is 11. The van der Waals surface area contributed by atoms with Gasteiger partial charge < -0.3 is 15.5 Å². The molecular weight excluding hydrogens is 348 g/mol. The van der Waals surface area contributed by atoms with Crippen LogP contribution in [0.5, 0.6) is 0 Å². The minimum absolute atomic E-state index is 0.358. The smallest absolute Gasteiger partial charge is 0.191 e. The summed E-state index contributed by atoms with van der Waals surface area (Å²) in [7, 11) is -3.13. The molecule has 0 saturated heterocycles. The summed E-state index contributed by atoms with van der Waals surface area (Å²) in [6, 6.07) is 7.06. The standard InChI is InChI=1S/C19H34N4O2S/c1-5-15-23(7-3)16-14-22-19(20-6-2)21-13-12-17-8-10-18(11-9-17)26(4,24)25/h8-11H,5-7,12-16H2,1-4H3,(H2,20,21,22). The van der Waals surface area contributed by atoms with Gasteiger partial charge in [-0.1, -0.05) is 26.0 Å². The summed E-state index contributed by atoms with van der Waals surface area (Å²) in [5.74, 6) is 0.827. The zero-order valence-corrected chi connectivity index (χ0v) is 17.4. The van der Waals surface area contributed by atoms with Gasteiger partial charge in [0.05, 0.1) is 11.4 Å². The monoisotopic (exact) mass is 382 g/mol. The van der Waals surface area contributed by atoms with E-state index in [0.717, 1.165) is 63.6 Å². The van der Waals surface area contributed by atoms with Crippen molar-refractivity contribution in [3.8, 4) is 0 Å². The topological polar surface area (TPSA) is 73.8 Å². The van der Waals surface area contributed by atoms with Gasteiger partial charge in [-0.3, -0.25) is 4.99 Å². The first-order chi connectivity index (χ1) is 12.4. The van der Waals surface area contributed by atoms with Crippen LogP contribution in [0.1, 0.15) is 32.8 Å². The van der Waals surface area contributed by atoms with Crippen molar-refractivity contribution in [2.75, 3.05) is 45.5 Å². The van der Waals surface area contributed by atoms with E-state index in [1.807, 2.05) is 12.1 Å². The molecule has 0 spiro atoms. The molecule has 0 aliphatic heterocycles. The third kappa shape index (κ3) is 8.67. The van der Waals surface area contributed by atoms with Crippen molar-refractivity contribution >= 4 is 15.8 Å². The van der Waals surface area contributed by atoms with E-state index in [0.29, 0.717) is 4.90 Å². The number of guanidine groups is 1. The van der Waals surface area contributed by atoms with Gasteiger partial charge >= 0.3 is 0 Å². The molecule has 0 aliphatic rings. The summed E-state index contributed by atoms with van der Waals surface area (Å²) >= 11 is 0. The Kier molecular flexibility index (Phi) is 10.3. The molecule has 0 aliphatic carbocycles. The van der Waals surface area contributed by atoms with Gasteiger partial charge in [0.2, 0.25) is 0 Å². The quantitative estimate of drug-likeness (QED) is 0.452. The lowest BCUT2D eigenvalue weighted by Gasteiger charge is -2.18. The molecular formula is C19H34N4O2S. The van der Waals surface area contributed by atoms with Crippen LogP contribution in [0.3, 0.4) is 0 Å². The molecule has 6 nitrogen and oxygen atoms in total. The number of nitrogens with zero attached hydrogens (tertiary/aromatic N) is 2. The van der Waals surface area contributed by atoms with Crippen LogP contribution in [0.4, 0.5) is 0 Å². The van der Waals surface area contributed by atoms with Gasteiger partial charge in [0, 0.05) is 25.9 Å². The molecule has 148 valence electrons. The van der Waals surface area contributed by atoms with Gasteiger partial charge in [-0.05, 0) is 50.6 Å². The average Bonchev–Trinajstić information content (AvgIpc) is 2.60. The van der Waals surface area contributed by atoms with Crippen LogP contribution >= 0.6 is 0 Å². The van der Waals surface area contributed by atoms with Crippen molar-refractivity contribution in [2.45, 2.75) is 38.5 Å². The van der Waals surface area contributed by atoms with Crippen LogP contribution in [0, 0.1) is 0 Å². The maximum Gasteiger partial charge on any atom is 0.191 e. The molecule has 0 bridgehead atoms. The largest absolute Gasteiger partial charge is 0.357 e. The number of hydrogen-bond donors (Lipinski definition) is 2. The van der Waals surface area contributed by atoms with Crippen LogP contribution in [0.2, 0.25) is 0 Å². The predicted octanol–water partition coefficient (Wildman–Crippen LogP) is 1.92. The Balaban J connectivity index is 2.48. The highest BCUT2D eigenvalue weighted by molar-refractivity contribution is 7.90. The SMILES string of the molecule is CCCN(CC)CCN=C(NCC)NCCc1ccc(S(C)(=O)=O)cc1. The molecule has 0 unspecified atom stereocenters. The normalized spacial score (nSPS) is 12.4. The summed E-state index contributed by atoms with van der Waals surface area (Å²) in [4.78, 5) is 7.39. The molecule has 0 atom stereocenters. The van der Waals surface area contributed by atoms with E-state index < -0.39 is 9.84 Å². The van der Waals surface area contributed by atoms with Crippen LogP contribution in [-0.2, 0) is 16.3 Å². The lowest BCUT2D eigenvalue weighted by molar-refractivity contribution is 0.297. The van der Waals surface area contributed by atoms with E-state index in [2.05, 4.69) is 41.3 Å². The van der Waals surface area contributed by atoms with Crippen LogP contribution in [0.25, 0.3) is 0 Å². The minimum Gasteiger partial charge on any atom is -0.357 e. The fourth-order valence-corrected chi connectivity index (χ4v) is 3.25. The Morgan fingerprint density at radius 1 is 1.08 bits per heavy atom. The van der Waals surface area contributed by atoms with Gasteiger partial charge in [0.25, 0.3) is 0 Å². The molecule has 0 fully saturated rings. The molecule has 26 heavy (non-hydrogen) atoms. The molecule has 1 rings (SSSR count). The molecule has 0 amide bonds. The van der Waals surface area contributed by atoms with E-state index in [4.69, 9.17) is 0 Å². The van der Waals surface area contributed by atoms with Crippen molar-refractivity contribution < 1.29 is 8.42 Å². The first kappa shape index (κ1) is 22.4. The lowest BCUT2D eigenvalue weighted by atomic mass is 10.1. The van der Waals surface area contributed by atoms with E-state index in [1.165, 1.54) is 6.26 Å². The van der Waals surface area contributed by atoms with Crippen LogP contribution in [-0.4, -0.2) is 64.8 Å². The van der Waals surface area contributed by atoms with Crippen LogP contribution < -0.4 is 10.6 Å². The molecule has 1 aromatic rings. The molecule has 0 radical (unpaired) electrons. The van der Waals surface area contributed by atoms with E-state index in [1.54, 1.807) is 12.1 Å². The second-order valence-electron chi connectivity index (χ2n) is 6.29. The van der Waals surface area contributed by atoms with Gasteiger partial charge in [-0.2, -0.15) is 0 Å². The second kappa shape index (κ2) is 11.9. The summed E-state index contributed by atoms with van der Waals surface area (Å²) in [6.07, 6.45) is 3.20. The zero-order chi connectivity index (χ0) is 19.4. The number of likely N-dealkylation sites (N-methyl/N-ethyl adjacent to an activating group) is 1. The number of sulfone groups is 1. The Bertz CT molecular complexity index is 642. The Hall–Kier alpha value is -1.60. The number of hydrogen-bond acceptors (Lipinski definition) is 4. The number of aliphatic imine (C=N–C) groups is 1. The molecule has 0 heterocycles. The van der Waals surface area contributed by atoms with E-state index in [-0.39, 0.29) is 0 Å². The van der Waals surface area contributed by atoms with Gasteiger partial charge in [-0.25, -0.2) is 8.42 Å². The molecule has 1 aromatic carbocycles. The highest BCUT2D eigenvalue weighted by atomic mass is 32.2. The van der Waals surface area contributed by atoms with Crippen molar-refractivity contribution in [2.24, 2.45) is 4.99 Å². The van der Waals surface area contributed by atoms with Gasteiger partial charge in [-0.15, -0.1) is 0 Å². The van der Waals surface area contributed by atoms with Crippen molar-refractivity contribution in [3.05, 3.63) is 29.8 Å². The fraction of sp³-hybridized carbons (Fsp3) is 0.632. The number of benzene rings is 1. The summed E-state index contributed by atoms with van der Waals surface area (Å²) in [5.41, 5.74) is 1.10. The molecule has 7 heteroatoms. The minimum atomic E-state index is -3.13. The lowest BCUT2D eigenvalue weighted by Crippen LogP contribution is -2.39. The first-order valence-electron chi connectivity index (χ1n) is 9.44. The maximum atomic E-state index is 11.5. The zero-order valence-electron chi connectivity index (χ0n) is 16.6. The first-order valence-corrected chi connectivity index (χ1v) is 11.3. The van der Waals surface area contributed by atoms with E-state index >= 15 is 0 Å². The Morgan fingerprint density at radius 2 is 1.77 bits per heavy atom. The third-order valence-corrected chi connectivity index (χ3v) is 5.20. The number of nitrogens with one attached hydrogen (secondary N) is 2.